The van der Waals surface area contributed by atoms with Crippen LogP contribution in [0, 0.1) is 0 Å². The number of rotatable bonds is 7. The van der Waals surface area contributed by atoms with Crippen molar-refractivity contribution in [2.75, 3.05) is 25.7 Å². The maximum absolute atomic E-state index is 11.4. The fourth-order valence-corrected chi connectivity index (χ4v) is 3.27. The average Bonchev–Trinajstić information content (AvgIpc) is 2.47. The molecule has 1 aliphatic heterocycles. The zero-order valence-electron chi connectivity index (χ0n) is 13.3. The van der Waals surface area contributed by atoms with E-state index in [-0.39, 0.29) is 19.6 Å². The smallest absolute Gasteiger partial charge is 0.264 e. The summed E-state index contributed by atoms with van der Waals surface area (Å²) in [5.41, 5.74) is 0.768. The van der Waals surface area contributed by atoms with Crippen molar-refractivity contribution in [3.05, 3.63) is 35.9 Å². The van der Waals surface area contributed by atoms with Crippen molar-refractivity contribution >= 4 is 20.2 Å². The summed E-state index contributed by atoms with van der Waals surface area (Å²) in [7, 11) is -7.30. The van der Waals surface area contributed by atoms with Gasteiger partial charge in [0.05, 0.1) is 31.8 Å². The maximum atomic E-state index is 11.4. The fourth-order valence-electron chi connectivity index (χ4n) is 2.24. The molecule has 136 valence electrons. The first-order valence-electron chi connectivity index (χ1n) is 7.19. The normalized spacial score (nSPS) is 25.5. The molecule has 1 fully saturated rings. The summed E-state index contributed by atoms with van der Waals surface area (Å²) in [6, 6.07) is 9.12. The van der Waals surface area contributed by atoms with Crippen LogP contribution in [-0.2, 0) is 38.1 Å². The summed E-state index contributed by atoms with van der Waals surface area (Å²) in [5.74, 6) is 0. The van der Waals surface area contributed by atoms with Crippen LogP contribution in [0.4, 0.5) is 0 Å². The molecule has 1 unspecified atom stereocenters. The number of benzene rings is 1. The molecule has 0 spiro atoms. The highest BCUT2D eigenvalue weighted by atomic mass is 32.2. The second-order valence-corrected chi connectivity index (χ2v) is 8.65. The molecule has 0 aromatic heterocycles. The molecule has 1 aliphatic rings. The van der Waals surface area contributed by atoms with Crippen molar-refractivity contribution in [3.63, 3.8) is 0 Å². The average molecular weight is 380 g/mol. The topological polar surface area (TPSA) is 105 Å². The van der Waals surface area contributed by atoms with E-state index in [1.54, 1.807) is 0 Å². The molecule has 1 saturated heterocycles. The quantitative estimate of drug-likeness (QED) is 0.640. The largest absolute Gasteiger partial charge is 0.346 e. The lowest BCUT2D eigenvalue weighted by Gasteiger charge is -2.35. The molecule has 2 rings (SSSR count). The molecule has 10 heteroatoms. The second-order valence-electron chi connectivity index (χ2n) is 5.40. The Hall–Kier alpha value is -1.04. The lowest BCUT2D eigenvalue weighted by Crippen LogP contribution is -2.43. The molecule has 0 saturated carbocycles. The van der Waals surface area contributed by atoms with E-state index >= 15 is 0 Å². The van der Waals surface area contributed by atoms with Crippen LogP contribution in [-0.4, -0.2) is 54.8 Å². The Balaban J connectivity index is 2.07. The molecular weight excluding hydrogens is 360 g/mol. The van der Waals surface area contributed by atoms with Gasteiger partial charge in [0.25, 0.3) is 20.2 Å². The SMILES string of the molecule is CS(=O)(=O)OCC[C@H]1OC(c2ccccc2)OC[C@H]1OS(C)(=O)=O. The van der Waals surface area contributed by atoms with Crippen LogP contribution in [0.25, 0.3) is 0 Å². The molecule has 0 N–H and O–H groups in total. The molecule has 3 atom stereocenters. The van der Waals surface area contributed by atoms with Crippen LogP contribution < -0.4 is 0 Å². The molecule has 8 nitrogen and oxygen atoms in total. The van der Waals surface area contributed by atoms with Gasteiger partial charge in [0.1, 0.15) is 6.10 Å². The summed E-state index contributed by atoms with van der Waals surface area (Å²) < 4.78 is 65.8. The van der Waals surface area contributed by atoms with E-state index in [0.717, 1.165) is 18.1 Å². The Morgan fingerprint density at radius 3 is 2.33 bits per heavy atom. The lowest BCUT2D eigenvalue weighted by atomic mass is 10.1. The Morgan fingerprint density at radius 1 is 1.08 bits per heavy atom. The summed E-state index contributed by atoms with van der Waals surface area (Å²) in [6.07, 6.45) is -0.243. The van der Waals surface area contributed by atoms with Gasteiger partial charge in [-0.05, 0) is 0 Å². The standard InChI is InChI=1S/C14H20O8S2/c1-23(15,16)20-9-8-12-13(22-24(2,17)18)10-19-14(21-12)11-6-4-3-5-7-11/h3-7,12-14H,8-10H2,1-2H3/t12-,13-,14?/m1/s1. The summed E-state index contributed by atoms with van der Waals surface area (Å²) in [4.78, 5) is 0. The van der Waals surface area contributed by atoms with Gasteiger partial charge < -0.3 is 9.47 Å². The first-order valence-corrected chi connectivity index (χ1v) is 10.8. The van der Waals surface area contributed by atoms with Crippen molar-refractivity contribution in [2.24, 2.45) is 0 Å². The third kappa shape index (κ3) is 6.46. The molecule has 0 aliphatic carbocycles. The zero-order chi connectivity index (χ0) is 17.8. The molecule has 0 bridgehead atoms. The first-order chi connectivity index (χ1) is 11.1. The van der Waals surface area contributed by atoms with Crippen molar-refractivity contribution in [1.29, 1.82) is 0 Å². The van der Waals surface area contributed by atoms with Gasteiger partial charge in [-0.1, -0.05) is 30.3 Å². The van der Waals surface area contributed by atoms with E-state index in [0.29, 0.717) is 0 Å². The summed E-state index contributed by atoms with van der Waals surface area (Å²) in [6.45, 7) is -0.148. The van der Waals surface area contributed by atoms with Crippen LogP contribution in [0.1, 0.15) is 18.3 Å². The van der Waals surface area contributed by atoms with Crippen LogP contribution >= 0.6 is 0 Å². The van der Waals surface area contributed by atoms with Crippen LogP contribution in [0.2, 0.25) is 0 Å². The predicted octanol–water partition coefficient (Wildman–Crippen LogP) is 0.812. The summed E-state index contributed by atoms with van der Waals surface area (Å²) in [5, 5.41) is 0. The van der Waals surface area contributed by atoms with Crippen LogP contribution in [0.3, 0.4) is 0 Å². The molecular formula is C14H20O8S2. The number of hydrogen-bond donors (Lipinski definition) is 0. The third-order valence-electron chi connectivity index (χ3n) is 3.19. The minimum absolute atomic E-state index is 0.00380. The summed E-state index contributed by atoms with van der Waals surface area (Å²) >= 11 is 0. The molecule has 24 heavy (non-hydrogen) atoms. The molecule has 1 aromatic rings. The van der Waals surface area contributed by atoms with Crippen molar-refractivity contribution in [2.45, 2.75) is 24.9 Å². The van der Waals surface area contributed by atoms with Crippen LogP contribution in [0.5, 0.6) is 0 Å². The van der Waals surface area contributed by atoms with Crippen LogP contribution in [0.15, 0.2) is 30.3 Å². The number of ether oxygens (including phenoxy) is 2. The highest BCUT2D eigenvalue weighted by Gasteiger charge is 2.35. The third-order valence-corrected chi connectivity index (χ3v) is 4.39. The minimum Gasteiger partial charge on any atom is -0.346 e. The van der Waals surface area contributed by atoms with Gasteiger partial charge in [0, 0.05) is 12.0 Å². The Labute approximate surface area is 141 Å². The highest BCUT2D eigenvalue weighted by molar-refractivity contribution is 7.86. The molecule has 0 amide bonds. The van der Waals surface area contributed by atoms with Gasteiger partial charge in [-0.25, -0.2) is 0 Å². The predicted molar refractivity (Wildman–Crippen MR) is 85.1 cm³/mol. The van der Waals surface area contributed by atoms with Gasteiger partial charge in [-0.2, -0.15) is 16.8 Å². The van der Waals surface area contributed by atoms with Crippen molar-refractivity contribution < 1.29 is 34.7 Å². The molecule has 1 heterocycles. The monoisotopic (exact) mass is 380 g/mol. The van der Waals surface area contributed by atoms with E-state index in [4.69, 9.17) is 17.8 Å². The van der Waals surface area contributed by atoms with E-state index in [9.17, 15) is 16.8 Å². The Bertz CT molecular complexity index is 729. The Morgan fingerprint density at radius 2 is 1.75 bits per heavy atom. The zero-order valence-corrected chi connectivity index (χ0v) is 15.0. The van der Waals surface area contributed by atoms with Crippen molar-refractivity contribution in [3.8, 4) is 0 Å². The highest BCUT2D eigenvalue weighted by Crippen LogP contribution is 2.29. The first kappa shape index (κ1) is 19.3. The van der Waals surface area contributed by atoms with Crippen molar-refractivity contribution in [1.82, 2.24) is 0 Å². The van der Waals surface area contributed by atoms with Gasteiger partial charge in [-0.3, -0.25) is 8.37 Å². The van der Waals surface area contributed by atoms with Gasteiger partial charge >= 0.3 is 0 Å². The second kappa shape index (κ2) is 7.89. The molecule has 1 aromatic carbocycles. The Kier molecular flexibility index (Phi) is 6.34. The van der Waals surface area contributed by atoms with Gasteiger partial charge in [0.2, 0.25) is 0 Å². The fraction of sp³-hybridized carbons (Fsp3) is 0.571. The minimum atomic E-state index is -3.71. The number of hydrogen-bond acceptors (Lipinski definition) is 8. The lowest BCUT2D eigenvalue weighted by molar-refractivity contribution is -0.252. The molecule has 0 radical (unpaired) electrons. The maximum Gasteiger partial charge on any atom is 0.264 e. The van der Waals surface area contributed by atoms with Gasteiger partial charge in [0.15, 0.2) is 6.29 Å². The van der Waals surface area contributed by atoms with Gasteiger partial charge in [-0.15, -0.1) is 0 Å². The van der Waals surface area contributed by atoms with E-state index in [1.165, 1.54) is 0 Å². The van der Waals surface area contributed by atoms with E-state index in [2.05, 4.69) is 0 Å². The van der Waals surface area contributed by atoms with E-state index < -0.39 is 38.7 Å². The van der Waals surface area contributed by atoms with E-state index in [1.807, 2.05) is 30.3 Å².